The van der Waals surface area contributed by atoms with E-state index < -0.39 is 5.72 Å². The van der Waals surface area contributed by atoms with Crippen molar-refractivity contribution in [2.75, 3.05) is 4.90 Å². The molecule has 1 aliphatic heterocycles. The third-order valence-corrected chi connectivity index (χ3v) is 3.33. The van der Waals surface area contributed by atoms with Gasteiger partial charge in [-0.2, -0.15) is 0 Å². The lowest BCUT2D eigenvalue weighted by Crippen LogP contribution is -2.46. The van der Waals surface area contributed by atoms with E-state index in [9.17, 15) is 9.90 Å². The minimum absolute atomic E-state index is 0.119. The number of nitrogens with zero attached hydrogens (tertiary/aromatic N) is 1. The molecule has 0 fully saturated rings. The highest BCUT2D eigenvalue weighted by molar-refractivity contribution is 5.95. The molecule has 1 unspecified atom stereocenters. The van der Waals surface area contributed by atoms with Gasteiger partial charge in [0, 0.05) is 19.0 Å². The summed E-state index contributed by atoms with van der Waals surface area (Å²) in [7, 11) is 0. The van der Waals surface area contributed by atoms with Crippen molar-refractivity contribution in [1.29, 1.82) is 0 Å². The molecule has 1 aromatic carbocycles. The van der Waals surface area contributed by atoms with E-state index >= 15 is 0 Å². The molecule has 0 aliphatic carbocycles. The minimum atomic E-state index is -1.09. The predicted octanol–water partition coefficient (Wildman–Crippen LogP) is 2.43. The molecule has 0 saturated carbocycles. The molecule has 17 heavy (non-hydrogen) atoms. The van der Waals surface area contributed by atoms with Crippen LogP contribution in [0.2, 0.25) is 0 Å². The Morgan fingerprint density at radius 2 is 2.12 bits per heavy atom. The van der Waals surface area contributed by atoms with Crippen LogP contribution < -0.4 is 4.90 Å². The van der Waals surface area contributed by atoms with Gasteiger partial charge < -0.3 is 5.11 Å². The van der Waals surface area contributed by atoms with Gasteiger partial charge in [-0.25, -0.2) is 0 Å². The first kappa shape index (κ1) is 12.1. The highest BCUT2D eigenvalue weighted by Gasteiger charge is 2.40. The van der Waals surface area contributed by atoms with E-state index in [-0.39, 0.29) is 5.91 Å². The van der Waals surface area contributed by atoms with Crippen LogP contribution in [0.5, 0.6) is 0 Å². The molecule has 1 amide bonds. The van der Waals surface area contributed by atoms with Gasteiger partial charge in [-0.1, -0.05) is 26.0 Å². The number of carbonyl (C=O) groups excluding carboxylic acids is 1. The Hall–Kier alpha value is -1.35. The predicted molar refractivity (Wildman–Crippen MR) is 68.0 cm³/mol. The quantitative estimate of drug-likeness (QED) is 0.809. The van der Waals surface area contributed by atoms with Crippen molar-refractivity contribution < 1.29 is 9.90 Å². The first-order chi connectivity index (χ1) is 7.83. The first-order valence-electron chi connectivity index (χ1n) is 5.99. The van der Waals surface area contributed by atoms with E-state index in [0.29, 0.717) is 12.3 Å². The molecule has 3 heteroatoms. The van der Waals surface area contributed by atoms with Gasteiger partial charge in [-0.05, 0) is 30.0 Å². The molecule has 3 nitrogen and oxygen atoms in total. The van der Waals surface area contributed by atoms with E-state index in [2.05, 4.69) is 19.9 Å². The Morgan fingerprint density at radius 3 is 2.65 bits per heavy atom. The summed E-state index contributed by atoms with van der Waals surface area (Å²) in [5, 5.41) is 10.3. The molecule has 0 radical (unpaired) electrons. The number of anilines is 1. The smallest absolute Gasteiger partial charge is 0.226 e. The van der Waals surface area contributed by atoms with Crippen LogP contribution in [0.4, 0.5) is 5.69 Å². The average molecular weight is 233 g/mol. The second-order valence-corrected chi connectivity index (χ2v) is 5.29. The molecule has 1 aromatic rings. The summed E-state index contributed by atoms with van der Waals surface area (Å²) in [6, 6.07) is 6.06. The van der Waals surface area contributed by atoms with E-state index in [0.717, 1.165) is 11.3 Å². The lowest BCUT2D eigenvalue weighted by Gasteiger charge is -2.29. The Morgan fingerprint density at radius 1 is 1.47 bits per heavy atom. The van der Waals surface area contributed by atoms with Crippen molar-refractivity contribution in [2.45, 2.75) is 45.8 Å². The zero-order valence-electron chi connectivity index (χ0n) is 10.8. The molecule has 1 aliphatic rings. The number of amides is 1. The average Bonchev–Trinajstić information content (AvgIpc) is 2.45. The maximum atomic E-state index is 11.6. The van der Waals surface area contributed by atoms with E-state index in [1.165, 1.54) is 17.4 Å². The third kappa shape index (κ3) is 1.95. The largest absolute Gasteiger partial charge is 0.370 e. The molecule has 1 atom stereocenters. The first-order valence-corrected chi connectivity index (χ1v) is 5.99. The van der Waals surface area contributed by atoms with Crippen LogP contribution in [0.3, 0.4) is 0 Å². The van der Waals surface area contributed by atoms with Crippen molar-refractivity contribution in [3.8, 4) is 0 Å². The van der Waals surface area contributed by atoms with Gasteiger partial charge in [-0.15, -0.1) is 0 Å². The topological polar surface area (TPSA) is 40.5 Å². The summed E-state index contributed by atoms with van der Waals surface area (Å²) in [5.74, 6) is 0.336. The number of aliphatic hydroxyl groups is 1. The van der Waals surface area contributed by atoms with Crippen LogP contribution in [0, 0.1) is 0 Å². The Balaban J connectivity index is 2.49. The van der Waals surface area contributed by atoms with Crippen LogP contribution >= 0.6 is 0 Å². The summed E-state index contributed by atoms with van der Waals surface area (Å²) < 4.78 is 0. The fraction of sp³-hybridized carbons (Fsp3) is 0.500. The number of carbonyl (C=O) groups is 1. The molecule has 1 heterocycles. The zero-order valence-corrected chi connectivity index (χ0v) is 10.8. The SMILES string of the molecule is CC(=O)N1c2ccc(C(C)C)cc2CC1(C)O. The van der Waals surface area contributed by atoms with Gasteiger partial charge in [0.05, 0.1) is 0 Å². The summed E-state index contributed by atoms with van der Waals surface area (Å²) >= 11 is 0. The van der Waals surface area contributed by atoms with Crippen molar-refractivity contribution in [3.63, 3.8) is 0 Å². The van der Waals surface area contributed by atoms with Gasteiger partial charge in [0.1, 0.15) is 5.72 Å². The van der Waals surface area contributed by atoms with Crippen LogP contribution in [0.25, 0.3) is 0 Å². The molecular formula is C14H19NO2. The van der Waals surface area contributed by atoms with Gasteiger partial charge in [-0.3, -0.25) is 9.69 Å². The zero-order chi connectivity index (χ0) is 12.8. The van der Waals surface area contributed by atoms with Crippen LogP contribution in [0.1, 0.15) is 44.7 Å². The maximum Gasteiger partial charge on any atom is 0.226 e. The fourth-order valence-corrected chi connectivity index (χ4v) is 2.53. The number of fused-ring (bicyclic) bond motifs is 1. The number of hydrogen-bond acceptors (Lipinski definition) is 2. The monoisotopic (exact) mass is 233 g/mol. The van der Waals surface area contributed by atoms with Gasteiger partial charge in [0.15, 0.2) is 0 Å². The fourth-order valence-electron chi connectivity index (χ4n) is 2.53. The number of rotatable bonds is 1. The van der Waals surface area contributed by atoms with E-state index in [1.807, 2.05) is 12.1 Å². The van der Waals surface area contributed by atoms with Crippen molar-refractivity contribution in [2.24, 2.45) is 0 Å². The van der Waals surface area contributed by atoms with Crippen molar-refractivity contribution in [3.05, 3.63) is 29.3 Å². The maximum absolute atomic E-state index is 11.6. The molecule has 0 saturated heterocycles. The van der Waals surface area contributed by atoms with Crippen molar-refractivity contribution >= 4 is 11.6 Å². The Kier molecular flexibility index (Phi) is 2.74. The summed E-state index contributed by atoms with van der Waals surface area (Å²) in [6.07, 6.45) is 0.502. The van der Waals surface area contributed by atoms with Gasteiger partial charge >= 0.3 is 0 Å². The van der Waals surface area contributed by atoms with Gasteiger partial charge in [0.25, 0.3) is 0 Å². The number of benzene rings is 1. The highest BCUT2D eigenvalue weighted by Crippen LogP contribution is 2.38. The summed E-state index contributed by atoms with van der Waals surface area (Å²) in [5.41, 5.74) is 2.04. The van der Waals surface area contributed by atoms with Crippen LogP contribution in [-0.2, 0) is 11.2 Å². The molecule has 92 valence electrons. The lowest BCUT2D eigenvalue weighted by atomic mass is 9.99. The molecular weight excluding hydrogens is 214 g/mol. The van der Waals surface area contributed by atoms with Gasteiger partial charge in [0.2, 0.25) is 5.91 Å². The standard InChI is InChI=1S/C14H19NO2/c1-9(2)11-5-6-13-12(7-11)8-14(4,17)15(13)10(3)16/h5-7,9,17H,8H2,1-4H3. The molecule has 0 bridgehead atoms. The van der Waals surface area contributed by atoms with Crippen molar-refractivity contribution in [1.82, 2.24) is 0 Å². The van der Waals surface area contributed by atoms with E-state index in [4.69, 9.17) is 0 Å². The lowest BCUT2D eigenvalue weighted by molar-refractivity contribution is -0.120. The highest BCUT2D eigenvalue weighted by atomic mass is 16.3. The second kappa shape index (κ2) is 3.84. The molecule has 0 aromatic heterocycles. The van der Waals surface area contributed by atoms with E-state index in [1.54, 1.807) is 6.92 Å². The number of hydrogen-bond donors (Lipinski definition) is 1. The van der Waals surface area contributed by atoms with Crippen LogP contribution in [-0.4, -0.2) is 16.7 Å². The Bertz CT molecular complexity index is 463. The summed E-state index contributed by atoms with van der Waals surface area (Å²) in [4.78, 5) is 13.1. The van der Waals surface area contributed by atoms with Crippen LogP contribution in [0.15, 0.2) is 18.2 Å². The third-order valence-electron chi connectivity index (χ3n) is 3.33. The summed E-state index contributed by atoms with van der Waals surface area (Å²) in [6.45, 7) is 7.44. The molecule has 0 spiro atoms. The normalized spacial score (nSPS) is 23.1. The molecule has 1 N–H and O–H groups in total. The second-order valence-electron chi connectivity index (χ2n) is 5.29. The minimum Gasteiger partial charge on any atom is -0.370 e. The Labute approximate surface area is 102 Å². The molecule has 2 rings (SSSR count).